The lowest BCUT2D eigenvalue weighted by atomic mass is 9.88. The molecule has 6 nitrogen and oxygen atoms in total. The summed E-state index contributed by atoms with van der Waals surface area (Å²) in [6.07, 6.45) is 2.64. The third-order valence-electron chi connectivity index (χ3n) is 4.69. The van der Waals surface area contributed by atoms with Gasteiger partial charge in [0, 0.05) is 13.1 Å². The fourth-order valence-corrected chi connectivity index (χ4v) is 3.43. The number of nitrogens with zero attached hydrogens (tertiary/aromatic N) is 4. The van der Waals surface area contributed by atoms with Gasteiger partial charge in [0.2, 0.25) is 0 Å². The molecule has 1 amide bonds. The number of nitrogens with one attached hydrogen (secondary N) is 1. The molecule has 122 valence electrons. The van der Waals surface area contributed by atoms with E-state index in [1.54, 1.807) is 6.20 Å². The lowest BCUT2D eigenvalue weighted by Gasteiger charge is -2.33. The van der Waals surface area contributed by atoms with Crippen LogP contribution in [-0.4, -0.2) is 52.0 Å². The third-order valence-corrected chi connectivity index (χ3v) is 4.69. The summed E-state index contributed by atoms with van der Waals surface area (Å²) in [6, 6.07) is 9.64. The SMILES string of the molecule is Cl.O=C(c1cnn(-c2ccccc2)n1)N1CCC2CNCC2C1. The molecule has 1 aromatic heterocycles. The van der Waals surface area contributed by atoms with E-state index >= 15 is 0 Å². The van der Waals surface area contributed by atoms with Crippen LogP contribution in [0, 0.1) is 11.8 Å². The first-order chi connectivity index (χ1) is 10.8. The van der Waals surface area contributed by atoms with Crippen molar-refractivity contribution < 1.29 is 4.79 Å². The maximum Gasteiger partial charge on any atom is 0.276 e. The monoisotopic (exact) mass is 333 g/mol. The number of halogens is 1. The Morgan fingerprint density at radius 3 is 2.78 bits per heavy atom. The van der Waals surface area contributed by atoms with Gasteiger partial charge in [0.15, 0.2) is 5.69 Å². The molecule has 1 N–H and O–H groups in total. The van der Waals surface area contributed by atoms with E-state index in [9.17, 15) is 4.79 Å². The molecule has 7 heteroatoms. The van der Waals surface area contributed by atoms with Crippen LogP contribution in [0.4, 0.5) is 0 Å². The van der Waals surface area contributed by atoms with Gasteiger partial charge in [0.25, 0.3) is 5.91 Å². The Hall–Kier alpha value is -1.92. The highest BCUT2D eigenvalue weighted by Gasteiger charge is 2.35. The van der Waals surface area contributed by atoms with E-state index in [1.807, 2.05) is 35.2 Å². The summed E-state index contributed by atoms with van der Waals surface area (Å²) in [4.78, 5) is 16.1. The first-order valence-electron chi connectivity index (χ1n) is 7.79. The second kappa shape index (κ2) is 6.68. The summed E-state index contributed by atoms with van der Waals surface area (Å²) in [5.41, 5.74) is 1.29. The zero-order chi connectivity index (χ0) is 14.9. The molecule has 0 saturated carbocycles. The Morgan fingerprint density at radius 1 is 1.17 bits per heavy atom. The van der Waals surface area contributed by atoms with E-state index in [2.05, 4.69) is 15.5 Å². The van der Waals surface area contributed by atoms with E-state index in [4.69, 9.17) is 0 Å². The number of fused-ring (bicyclic) bond motifs is 1. The molecule has 0 aliphatic carbocycles. The van der Waals surface area contributed by atoms with Crippen molar-refractivity contribution in [3.05, 3.63) is 42.2 Å². The molecule has 2 atom stereocenters. The molecule has 0 spiro atoms. The third kappa shape index (κ3) is 3.09. The van der Waals surface area contributed by atoms with Gasteiger partial charge in [-0.05, 0) is 43.5 Å². The van der Waals surface area contributed by atoms with E-state index in [0.717, 1.165) is 44.2 Å². The predicted octanol–water partition coefficient (Wildman–Crippen LogP) is 1.37. The normalized spacial score (nSPS) is 23.2. The number of para-hydroxylation sites is 1. The Balaban J connectivity index is 0.00000156. The highest BCUT2D eigenvalue weighted by atomic mass is 35.5. The van der Waals surface area contributed by atoms with Crippen molar-refractivity contribution in [3.63, 3.8) is 0 Å². The lowest BCUT2D eigenvalue weighted by molar-refractivity contribution is 0.0636. The van der Waals surface area contributed by atoms with Crippen LogP contribution in [0.2, 0.25) is 0 Å². The number of hydrogen-bond donors (Lipinski definition) is 1. The molecule has 1 aromatic carbocycles. The quantitative estimate of drug-likeness (QED) is 0.901. The van der Waals surface area contributed by atoms with Gasteiger partial charge >= 0.3 is 0 Å². The smallest absolute Gasteiger partial charge is 0.276 e. The van der Waals surface area contributed by atoms with Gasteiger partial charge < -0.3 is 10.2 Å². The minimum atomic E-state index is -0.00692. The molecular formula is C16H20ClN5O. The van der Waals surface area contributed by atoms with E-state index in [0.29, 0.717) is 11.6 Å². The average Bonchev–Trinajstić information content (AvgIpc) is 3.23. The molecular weight excluding hydrogens is 314 g/mol. The number of amides is 1. The molecule has 2 fully saturated rings. The molecule has 2 aliphatic rings. The van der Waals surface area contributed by atoms with Gasteiger partial charge in [-0.15, -0.1) is 17.5 Å². The molecule has 2 unspecified atom stereocenters. The summed E-state index contributed by atoms with van der Waals surface area (Å²) >= 11 is 0. The Bertz CT molecular complexity index is 674. The fraction of sp³-hybridized carbons (Fsp3) is 0.438. The van der Waals surface area contributed by atoms with Gasteiger partial charge in [-0.3, -0.25) is 4.79 Å². The maximum atomic E-state index is 12.6. The zero-order valence-electron chi connectivity index (χ0n) is 12.8. The van der Waals surface area contributed by atoms with Crippen LogP contribution < -0.4 is 5.32 Å². The van der Waals surface area contributed by atoms with Gasteiger partial charge in [-0.25, -0.2) is 0 Å². The Kier molecular flexibility index (Phi) is 4.63. The first kappa shape index (κ1) is 16.0. The number of hydrogen-bond acceptors (Lipinski definition) is 4. The number of benzene rings is 1. The topological polar surface area (TPSA) is 63.1 Å². The van der Waals surface area contributed by atoms with Gasteiger partial charge in [-0.1, -0.05) is 18.2 Å². The molecule has 2 saturated heterocycles. The lowest BCUT2D eigenvalue weighted by Crippen LogP contribution is -2.43. The molecule has 2 aromatic rings. The molecule has 2 aliphatic heterocycles. The van der Waals surface area contributed by atoms with Gasteiger partial charge in [-0.2, -0.15) is 9.90 Å². The van der Waals surface area contributed by atoms with Crippen LogP contribution in [0.3, 0.4) is 0 Å². The number of aromatic nitrogens is 3. The summed E-state index contributed by atoms with van der Waals surface area (Å²) in [6.45, 7) is 3.76. The van der Waals surface area contributed by atoms with Crippen molar-refractivity contribution >= 4 is 18.3 Å². The minimum absolute atomic E-state index is 0. The van der Waals surface area contributed by atoms with Crippen LogP contribution in [-0.2, 0) is 0 Å². The number of likely N-dealkylation sites (tertiary alicyclic amines) is 1. The highest BCUT2D eigenvalue weighted by Crippen LogP contribution is 2.27. The Labute approximate surface area is 141 Å². The summed E-state index contributed by atoms with van der Waals surface area (Å²) in [5, 5.41) is 12.0. The first-order valence-corrected chi connectivity index (χ1v) is 7.79. The predicted molar refractivity (Wildman–Crippen MR) is 89.0 cm³/mol. The molecule has 4 rings (SSSR count). The number of carbonyl (C=O) groups excluding carboxylic acids is 1. The zero-order valence-corrected chi connectivity index (χ0v) is 13.6. The molecule has 23 heavy (non-hydrogen) atoms. The molecule has 3 heterocycles. The van der Waals surface area contributed by atoms with Crippen LogP contribution in [0.5, 0.6) is 0 Å². The van der Waals surface area contributed by atoms with Crippen molar-refractivity contribution in [3.8, 4) is 5.69 Å². The van der Waals surface area contributed by atoms with Gasteiger partial charge in [0.05, 0.1) is 11.9 Å². The van der Waals surface area contributed by atoms with Gasteiger partial charge in [0.1, 0.15) is 0 Å². The van der Waals surface area contributed by atoms with Crippen molar-refractivity contribution in [2.75, 3.05) is 26.2 Å². The van der Waals surface area contributed by atoms with E-state index in [1.165, 1.54) is 4.80 Å². The van der Waals surface area contributed by atoms with E-state index in [-0.39, 0.29) is 18.3 Å². The van der Waals surface area contributed by atoms with Crippen LogP contribution in [0.1, 0.15) is 16.9 Å². The number of rotatable bonds is 2. The second-order valence-corrected chi connectivity index (χ2v) is 6.07. The highest BCUT2D eigenvalue weighted by molar-refractivity contribution is 5.92. The number of piperidine rings is 1. The average molecular weight is 334 g/mol. The molecule has 0 bridgehead atoms. The van der Waals surface area contributed by atoms with Crippen molar-refractivity contribution in [1.82, 2.24) is 25.2 Å². The summed E-state index contributed by atoms with van der Waals surface area (Å²) in [5.74, 6) is 1.30. The summed E-state index contributed by atoms with van der Waals surface area (Å²) < 4.78 is 0. The maximum absolute atomic E-state index is 12.6. The minimum Gasteiger partial charge on any atom is -0.337 e. The van der Waals surface area contributed by atoms with Crippen molar-refractivity contribution in [2.45, 2.75) is 6.42 Å². The standard InChI is InChI=1S/C16H19N5O.ClH/c22-16(20-7-6-12-8-17-9-13(12)11-20)15-10-18-21(19-15)14-4-2-1-3-5-14;/h1-5,10,12-13,17H,6-9,11H2;1H. The number of carbonyl (C=O) groups is 1. The largest absolute Gasteiger partial charge is 0.337 e. The fourth-order valence-electron chi connectivity index (χ4n) is 3.43. The Morgan fingerprint density at radius 2 is 1.96 bits per heavy atom. The van der Waals surface area contributed by atoms with Crippen LogP contribution in [0.25, 0.3) is 5.69 Å². The summed E-state index contributed by atoms with van der Waals surface area (Å²) in [7, 11) is 0. The molecule has 0 radical (unpaired) electrons. The second-order valence-electron chi connectivity index (χ2n) is 6.07. The van der Waals surface area contributed by atoms with E-state index < -0.39 is 0 Å². The van der Waals surface area contributed by atoms with Crippen LogP contribution in [0.15, 0.2) is 36.5 Å². The van der Waals surface area contributed by atoms with Crippen molar-refractivity contribution in [1.29, 1.82) is 0 Å². The van der Waals surface area contributed by atoms with Crippen molar-refractivity contribution in [2.24, 2.45) is 11.8 Å². The van der Waals surface area contributed by atoms with Crippen LogP contribution >= 0.6 is 12.4 Å².